The Hall–Kier alpha value is -3.31. The molecular weight excluding hydrogens is 438 g/mol. The monoisotopic (exact) mass is 465 g/mol. The molecule has 6 heteroatoms. The van der Waals surface area contributed by atoms with Gasteiger partial charge in [-0.15, -0.1) is 0 Å². The maximum absolute atomic E-state index is 12.3. The minimum Gasteiger partial charge on any atom is -0.494 e. The van der Waals surface area contributed by atoms with E-state index in [-0.39, 0.29) is 23.7 Å². The first kappa shape index (κ1) is 24.3. The average molecular weight is 466 g/mol. The fraction of sp³-hybridized carbons (Fsp3) is 0.259. The summed E-state index contributed by atoms with van der Waals surface area (Å²) in [6, 6.07) is 21.3. The van der Waals surface area contributed by atoms with Crippen molar-refractivity contribution in [3.8, 4) is 11.5 Å². The van der Waals surface area contributed by atoms with Crippen LogP contribution in [0.15, 0.2) is 72.8 Å². The summed E-state index contributed by atoms with van der Waals surface area (Å²) >= 11 is 5.85. The molecule has 0 aliphatic rings. The van der Waals surface area contributed by atoms with Gasteiger partial charge in [-0.1, -0.05) is 44.5 Å². The Morgan fingerprint density at radius 1 is 0.848 bits per heavy atom. The molecule has 3 aromatic rings. The van der Waals surface area contributed by atoms with Crippen LogP contribution in [0.1, 0.15) is 49.5 Å². The molecule has 0 heterocycles. The lowest BCUT2D eigenvalue weighted by Gasteiger charge is -2.19. The largest absolute Gasteiger partial charge is 0.494 e. The van der Waals surface area contributed by atoms with Gasteiger partial charge in [-0.2, -0.15) is 0 Å². The molecule has 0 bridgehead atoms. The van der Waals surface area contributed by atoms with Gasteiger partial charge in [0.2, 0.25) is 0 Å². The standard InChI is InChI=1S/C27H28ClNO4/c1-27(2,3)20-8-16-23(17-9-20)32-18-4-5-25(30)33-24-14-6-19(7-15-24)26(31)29-22-12-10-21(28)11-13-22/h6-17H,4-5,18H2,1-3H3,(H,29,31). The third-order valence-corrected chi connectivity index (χ3v) is 5.22. The van der Waals surface area contributed by atoms with Gasteiger partial charge in [0, 0.05) is 22.7 Å². The van der Waals surface area contributed by atoms with Crippen molar-refractivity contribution in [2.45, 2.75) is 39.0 Å². The first-order chi connectivity index (χ1) is 15.7. The summed E-state index contributed by atoms with van der Waals surface area (Å²) in [5, 5.41) is 3.38. The van der Waals surface area contributed by atoms with Crippen LogP contribution in [0.5, 0.6) is 11.5 Å². The number of carbonyl (C=O) groups is 2. The second-order valence-electron chi connectivity index (χ2n) is 8.69. The van der Waals surface area contributed by atoms with Crippen molar-refractivity contribution in [1.82, 2.24) is 0 Å². The SMILES string of the molecule is CC(C)(C)c1ccc(OCCCC(=O)Oc2ccc(C(=O)Nc3ccc(Cl)cc3)cc2)cc1. The van der Waals surface area contributed by atoms with E-state index >= 15 is 0 Å². The molecule has 0 saturated carbocycles. The van der Waals surface area contributed by atoms with Crippen LogP contribution in [0.4, 0.5) is 5.69 Å². The molecule has 0 aliphatic carbocycles. The van der Waals surface area contributed by atoms with Gasteiger partial charge in [-0.05, 0) is 78.1 Å². The number of benzene rings is 3. The molecule has 1 amide bonds. The quantitative estimate of drug-likeness (QED) is 0.229. The van der Waals surface area contributed by atoms with E-state index in [0.29, 0.717) is 35.1 Å². The predicted octanol–water partition coefficient (Wildman–Crippen LogP) is 6.65. The molecule has 0 spiro atoms. The number of nitrogens with one attached hydrogen (secondary N) is 1. The van der Waals surface area contributed by atoms with Crippen molar-refractivity contribution in [1.29, 1.82) is 0 Å². The molecule has 3 aromatic carbocycles. The highest BCUT2D eigenvalue weighted by Crippen LogP contribution is 2.24. The van der Waals surface area contributed by atoms with Gasteiger partial charge in [0.25, 0.3) is 5.91 Å². The number of amides is 1. The molecule has 1 N–H and O–H groups in total. The summed E-state index contributed by atoms with van der Waals surface area (Å²) in [6.45, 7) is 6.92. The van der Waals surface area contributed by atoms with Gasteiger partial charge in [0.1, 0.15) is 11.5 Å². The van der Waals surface area contributed by atoms with Crippen LogP contribution >= 0.6 is 11.6 Å². The Morgan fingerprint density at radius 2 is 1.45 bits per heavy atom. The maximum Gasteiger partial charge on any atom is 0.311 e. The van der Waals surface area contributed by atoms with E-state index in [9.17, 15) is 9.59 Å². The molecule has 33 heavy (non-hydrogen) atoms. The highest BCUT2D eigenvalue weighted by atomic mass is 35.5. The number of hydrogen-bond acceptors (Lipinski definition) is 4. The van der Waals surface area contributed by atoms with Crippen LogP contribution < -0.4 is 14.8 Å². The van der Waals surface area contributed by atoms with Crippen molar-refractivity contribution in [2.24, 2.45) is 0 Å². The number of esters is 1. The summed E-state index contributed by atoms with van der Waals surface area (Å²) in [5.74, 6) is 0.563. The number of ether oxygens (including phenoxy) is 2. The van der Waals surface area contributed by atoms with E-state index in [2.05, 4.69) is 38.2 Å². The van der Waals surface area contributed by atoms with Gasteiger partial charge in [-0.3, -0.25) is 9.59 Å². The normalized spacial score (nSPS) is 11.0. The minimum absolute atomic E-state index is 0.0982. The summed E-state index contributed by atoms with van der Waals surface area (Å²) in [5.41, 5.74) is 2.44. The Labute approximate surface area is 199 Å². The van der Waals surface area contributed by atoms with Crippen molar-refractivity contribution in [3.05, 3.63) is 88.9 Å². The average Bonchev–Trinajstić information content (AvgIpc) is 2.78. The lowest BCUT2D eigenvalue weighted by Crippen LogP contribution is -2.12. The first-order valence-corrected chi connectivity index (χ1v) is 11.2. The van der Waals surface area contributed by atoms with Gasteiger partial charge < -0.3 is 14.8 Å². The smallest absolute Gasteiger partial charge is 0.311 e. The highest BCUT2D eigenvalue weighted by Gasteiger charge is 2.13. The van der Waals surface area contributed by atoms with E-state index in [0.717, 1.165) is 5.75 Å². The number of hydrogen-bond donors (Lipinski definition) is 1. The predicted molar refractivity (Wildman–Crippen MR) is 131 cm³/mol. The summed E-state index contributed by atoms with van der Waals surface area (Å²) < 4.78 is 11.1. The topological polar surface area (TPSA) is 64.6 Å². The molecule has 0 aliphatic heterocycles. The minimum atomic E-state index is -0.347. The van der Waals surface area contributed by atoms with Gasteiger partial charge in [0.05, 0.1) is 6.61 Å². The highest BCUT2D eigenvalue weighted by molar-refractivity contribution is 6.30. The lowest BCUT2D eigenvalue weighted by molar-refractivity contribution is -0.134. The number of anilines is 1. The van der Waals surface area contributed by atoms with Gasteiger partial charge >= 0.3 is 5.97 Å². The molecular formula is C27H28ClNO4. The van der Waals surface area contributed by atoms with E-state index in [1.165, 1.54) is 5.56 Å². The molecule has 0 atom stereocenters. The van der Waals surface area contributed by atoms with Crippen molar-refractivity contribution >= 4 is 29.2 Å². The molecule has 172 valence electrons. The Kier molecular flexibility index (Phi) is 8.12. The summed E-state index contributed by atoms with van der Waals surface area (Å²) in [7, 11) is 0. The molecule has 0 saturated heterocycles. The molecule has 0 radical (unpaired) electrons. The third-order valence-electron chi connectivity index (χ3n) is 4.96. The van der Waals surface area contributed by atoms with E-state index < -0.39 is 0 Å². The molecule has 0 aromatic heterocycles. The zero-order valence-electron chi connectivity index (χ0n) is 19.1. The number of halogens is 1. The van der Waals surface area contributed by atoms with Crippen molar-refractivity contribution in [2.75, 3.05) is 11.9 Å². The number of carbonyl (C=O) groups excluding carboxylic acids is 2. The zero-order chi connectivity index (χ0) is 23.8. The van der Waals surface area contributed by atoms with Crippen molar-refractivity contribution < 1.29 is 19.1 Å². The zero-order valence-corrected chi connectivity index (χ0v) is 19.8. The first-order valence-electron chi connectivity index (χ1n) is 10.8. The van der Waals surface area contributed by atoms with Crippen LogP contribution in [0, 0.1) is 0 Å². The molecule has 0 unspecified atom stereocenters. The van der Waals surface area contributed by atoms with Crippen LogP contribution in [0.25, 0.3) is 0 Å². The van der Waals surface area contributed by atoms with Gasteiger partial charge in [0.15, 0.2) is 0 Å². The Bertz CT molecular complexity index is 1070. The van der Waals surface area contributed by atoms with E-state index in [4.69, 9.17) is 21.1 Å². The summed E-state index contributed by atoms with van der Waals surface area (Å²) in [4.78, 5) is 24.4. The van der Waals surface area contributed by atoms with Crippen LogP contribution in [0.2, 0.25) is 5.02 Å². The number of rotatable bonds is 8. The van der Waals surface area contributed by atoms with E-state index in [1.54, 1.807) is 48.5 Å². The van der Waals surface area contributed by atoms with Gasteiger partial charge in [-0.25, -0.2) is 0 Å². The second kappa shape index (κ2) is 11.0. The van der Waals surface area contributed by atoms with Crippen LogP contribution in [-0.4, -0.2) is 18.5 Å². The Balaban J connectivity index is 1.40. The second-order valence-corrected chi connectivity index (χ2v) is 9.12. The van der Waals surface area contributed by atoms with Crippen molar-refractivity contribution in [3.63, 3.8) is 0 Å². The maximum atomic E-state index is 12.3. The fourth-order valence-electron chi connectivity index (χ4n) is 3.05. The molecule has 0 fully saturated rings. The molecule has 3 rings (SSSR count). The lowest BCUT2D eigenvalue weighted by atomic mass is 9.87. The summed E-state index contributed by atoms with van der Waals surface area (Å²) in [6.07, 6.45) is 0.778. The Morgan fingerprint density at radius 3 is 2.06 bits per heavy atom. The fourth-order valence-corrected chi connectivity index (χ4v) is 3.18. The van der Waals surface area contributed by atoms with Crippen LogP contribution in [-0.2, 0) is 10.2 Å². The molecule has 5 nitrogen and oxygen atoms in total. The third kappa shape index (κ3) is 7.65. The van der Waals surface area contributed by atoms with Crippen LogP contribution in [0.3, 0.4) is 0 Å². The van der Waals surface area contributed by atoms with E-state index in [1.807, 2.05) is 12.1 Å².